The van der Waals surface area contributed by atoms with E-state index in [0.717, 1.165) is 51.6 Å². The molecule has 9 heteroatoms. The maximum atomic E-state index is 9.76. The Labute approximate surface area is 205 Å². The maximum absolute atomic E-state index is 9.76. The number of aromatic hydroxyl groups is 1. The third-order valence-electron chi connectivity index (χ3n) is 6.56. The topological polar surface area (TPSA) is 109 Å². The molecular formula is C26H29N7O2. The predicted molar refractivity (Wildman–Crippen MR) is 138 cm³/mol. The SMILES string of the molecule is C[C@H]1N=C(c2ccc(O)c(C#N)c2)N=CN=C1Nc1ccc(N2CCN(CC3COC3)CC2)cc1. The number of amidine groups is 2. The molecule has 0 aromatic heterocycles. The Morgan fingerprint density at radius 3 is 2.57 bits per heavy atom. The normalized spacial score (nSPS) is 20.9. The van der Waals surface area contributed by atoms with E-state index in [1.165, 1.54) is 18.1 Å². The number of piperazine rings is 1. The van der Waals surface area contributed by atoms with Crippen molar-refractivity contribution in [2.45, 2.75) is 13.0 Å². The fourth-order valence-corrected chi connectivity index (χ4v) is 4.43. The zero-order valence-corrected chi connectivity index (χ0v) is 19.8. The van der Waals surface area contributed by atoms with Gasteiger partial charge >= 0.3 is 0 Å². The third-order valence-corrected chi connectivity index (χ3v) is 6.56. The lowest BCUT2D eigenvalue weighted by Crippen LogP contribution is -2.50. The van der Waals surface area contributed by atoms with Gasteiger partial charge < -0.3 is 20.1 Å². The summed E-state index contributed by atoms with van der Waals surface area (Å²) in [6.45, 7) is 9.15. The second-order valence-electron chi connectivity index (χ2n) is 9.09. The molecule has 0 spiro atoms. The molecule has 2 saturated heterocycles. The maximum Gasteiger partial charge on any atom is 0.157 e. The average molecular weight is 472 g/mol. The highest BCUT2D eigenvalue weighted by molar-refractivity contribution is 6.10. The van der Waals surface area contributed by atoms with Crippen molar-refractivity contribution in [3.63, 3.8) is 0 Å². The predicted octanol–water partition coefficient (Wildman–Crippen LogP) is 2.72. The summed E-state index contributed by atoms with van der Waals surface area (Å²) in [5.74, 6) is 1.80. The first-order valence-corrected chi connectivity index (χ1v) is 11.9. The number of anilines is 2. The van der Waals surface area contributed by atoms with Crippen LogP contribution >= 0.6 is 0 Å². The van der Waals surface area contributed by atoms with E-state index in [1.807, 2.05) is 13.0 Å². The molecule has 5 rings (SSSR count). The fourth-order valence-electron chi connectivity index (χ4n) is 4.43. The van der Waals surface area contributed by atoms with Crippen molar-refractivity contribution >= 4 is 29.4 Å². The highest BCUT2D eigenvalue weighted by Crippen LogP contribution is 2.22. The number of nitrogens with one attached hydrogen (secondary N) is 1. The van der Waals surface area contributed by atoms with E-state index in [0.29, 0.717) is 23.2 Å². The molecule has 0 bridgehead atoms. The highest BCUT2D eigenvalue weighted by Gasteiger charge is 2.24. The van der Waals surface area contributed by atoms with Crippen LogP contribution < -0.4 is 10.2 Å². The fraction of sp³-hybridized carbons (Fsp3) is 0.385. The van der Waals surface area contributed by atoms with E-state index in [4.69, 9.17) is 4.74 Å². The molecule has 0 aliphatic carbocycles. The first-order chi connectivity index (χ1) is 17.1. The van der Waals surface area contributed by atoms with Crippen molar-refractivity contribution in [1.29, 1.82) is 5.26 Å². The smallest absolute Gasteiger partial charge is 0.157 e. The zero-order chi connectivity index (χ0) is 24.2. The minimum absolute atomic E-state index is 0.0600. The summed E-state index contributed by atoms with van der Waals surface area (Å²) < 4.78 is 5.30. The van der Waals surface area contributed by atoms with Gasteiger partial charge in [0, 0.05) is 55.6 Å². The molecule has 0 saturated carbocycles. The van der Waals surface area contributed by atoms with Crippen LogP contribution in [0.3, 0.4) is 0 Å². The molecule has 1 atom stereocenters. The summed E-state index contributed by atoms with van der Waals surface area (Å²) in [5, 5.41) is 22.3. The van der Waals surface area contributed by atoms with Crippen molar-refractivity contribution in [3.05, 3.63) is 53.6 Å². The van der Waals surface area contributed by atoms with Crippen LogP contribution in [-0.2, 0) is 4.74 Å². The Bertz CT molecular complexity index is 1190. The minimum atomic E-state index is -0.263. The molecule has 2 aromatic rings. The Morgan fingerprint density at radius 1 is 1.11 bits per heavy atom. The van der Waals surface area contributed by atoms with Crippen LogP contribution in [0.5, 0.6) is 5.75 Å². The minimum Gasteiger partial charge on any atom is -0.507 e. The third kappa shape index (κ3) is 5.34. The number of hydrogen-bond acceptors (Lipinski definition) is 9. The largest absolute Gasteiger partial charge is 0.507 e. The quantitative estimate of drug-likeness (QED) is 0.694. The molecule has 9 nitrogen and oxygen atoms in total. The van der Waals surface area contributed by atoms with Gasteiger partial charge in [-0.1, -0.05) is 0 Å². The van der Waals surface area contributed by atoms with Gasteiger partial charge in [-0.15, -0.1) is 0 Å². The number of aliphatic imine (C=N–C) groups is 3. The zero-order valence-electron chi connectivity index (χ0n) is 19.8. The van der Waals surface area contributed by atoms with Crippen LogP contribution in [0.1, 0.15) is 18.1 Å². The molecule has 3 aliphatic rings. The second-order valence-corrected chi connectivity index (χ2v) is 9.09. The molecule has 0 amide bonds. The lowest BCUT2D eigenvalue weighted by atomic mass is 10.1. The van der Waals surface area contributed by atoms with Crippen LogP contribution in [-0.4, -0.2) is 80.0 Å². The summed E-state index contributed by atoms with van der Waals surface area (Å²) in [5.41, 5.74) is 3.00. The standard InChI is InChI=1S/C26H29N7O2/c1-18-25(28-17-29-26(30-18)20-2-7-24(34)21(12-20)13-27)31-22-3-5-23(6-4-22)33-10-8-32(9-11-33)14-19-15-35-16-19/h2-7,12,17-19,34H,8-11,14-16H2,1H3,(H,28,29,30,31)/t18-/m1/s1. The summed E-state index contributed by atoms with van der Waals surface area (Å²) in [6, 6.07) is 14.9. The number of benzene rings is 2. The van der Waals surface area contributed by atoms with Gasteiger partial charge in [0.2, 0.25) is 0 Å². The van der Waals surface area contributed by atoms with Gasteiger partial charge in [-0.3, -0.25) is 9.89 Å². The van der Waals surface area contributed by atoms with E-state index in [1.54, 1.807) is 12.1 Å². The van der Waals surface area contributed by atoms with Gasteiger partial charge in [0.1, 0.15) is 30.0 Å². The van der Waals surface area contributed by atoms with Crippen molar-refractivity contribution in [2.24, 2.45) is 20.9 Å². The van der Waals surface area contributed by atoms with Gasteiger partial charge in [0.15, 0.2) is 5.84 Å². The van der Waals surface area contributed by atoms with Crippen molar-refractivity contribution in [3.8, 4) is 11.8 Å². The molecule has 2 aromatic carbocycles. The van der Waals surface area contributed by atoms with E-state index >= 15 is 0 Å². The van der Waals surface area contributed by atoms with Gasteiger partial charge in [0.25, 0.3) is 0 Å². The number of hydrogen-bond donors (Lipinski definition) is 2. The number of phenolic OH excluding ortho intramolecular Hbond substituents is 1. The molecule has 2 fully saturated rings. The van der Waals surface area contributed by atoms with Crippen LogP contribution in [0.2, 0.25) is 0 Å². The summed E-state index contributed by atoms with van der Waals surface area (Å²) in [4.78, 5) is 18.4. The molecule has 180 valence electrons. The van der Waals surface area contributed by atoms with Crippen LogP contribution in [0.25, 0.3) is 0 Å². The van der Waals surface area contributed by atoms with Crippen LogP contribution in [0.15, 0.2) is 57.4 Å². The number of nitriles is 1. The van der Waals surface area contributed by atoms with Gasteiger partial charge in [-0.2, -0.15) is 5.26 Å². The van der Waals surface area contributed by atoms with Gasteiger partial charge in [0.05, 0.1) is 18.8 Å². The highest BCUT2D eigenvalue weighted by atomic mass is 16.5. The van der Waals surface area contributed by atoms with Crippen LogP contribution in [0.4, 0.5) is 11.4 Å². The lowest BCUT2D eigenvalue weighted by molar-refractivity contribution is -0.0468. The average Bonchev–Trinajstić information content (AvgIpc) is 3.04. The second kappa shape index (κ2) is 10.3. The van der Waals surface area contributed by atoms with E-state index in [-0.39, 0.29) is 17.4 Å². The monoisotopic (exact) mass is 471 g/mol. The Hall–Kier alpha value is -3.74. The number of phenols is 1. The number of rotatable bonds is 5. The summed E-state index contributed by atoms with van der Waals surface area (Å²) in [6.07, 6.45) is 1.47. The van der Waals surface area contributed by atoms with E-state index in [9.17, 15) is 10.4 Å². The van der Waals surface area contributed by atoms with Crippen molar-refractivity contribution in [2.75, 3.05) is 56.2 Å². The number of ether oxygens (including phenoxy) is 1. The Balaban J connectivity index is 1.19. The Kier molecular flexibility index (Phi) is 6.75. The molecule has 2 N–H and O–H groups in total. The molecule has 0 unspecified atom stereocenters. The van der Waals surface area contributed by atoms with E-state index in [2.05, 4.69) is 54.4 Å². The molecule has 0 radical (unpaired) electrons. The molecule has 3 aliphatic heterocycles. The van der Waals surface area contributed by atoms with E-state index < -0.39 is 0 Å². The lowest BCUT2D eigenvalue weighted by Gasteiger charge is -2.39. The van der Waals surface area contributed by atoms with Crippen LogP contribution in [0, 0.1) is 17.2 Å². The summed E-state index contributed by atoms with van der Waals surface area (Å²) >= 11 is 0. The summed E-state index contributed by atoms with van der Waals surface area (Å²) in [7, 11) is 0. The van der Waals surface area contributed by atoms with Gasteiger partial charge in [-0.25, -0.2) is 9.98 Å². The van der Waals surface area contributed by atoms with Crippen molar-refractivity contribution < 1.29 is 9.84 Å². The first kappa shape index (κ1) is 23.0. The molecule has 3 heterocycles. The molecular weight excluding hydrogens is 442 g/mol. The molecule has 35 heavy (non-hydrogen) atoms. The number of nitrogens with zero attached hydrogens (tertiary/aromatic N) is 6. The van der Waals surface area contributed by atoms with Gasteiger partial charge in [-0.05, 0) is 49.4 Å². The Morgan fingerprint density at radius 2 is 1.89 bits per heavy atom. The first-order valence-electron chi connectivity index (χ1n) is 11.9. The van der Waals surface area contributed by atoms with Crippen molar-refractivity contribution in [1.82, 2.24) is 4.90 Å².